The normalized spacial score (nSPS) is 16.9. The number of ether oxygens (including phenoxy) is 1. The highest BCUT2D eigenvalue weighted by Crippen LogP contribution is 2.24. The zero-order valence-electron chi connectivity index (χ0n) is 8.25. The second kappa shape index (κ2) is 4.85. The molecule has 0 radical (unpaired) electrons. The number of hydrogen-bond acceptors (Lipinski definition) is 2. The molecule has 0 aromatic rings. The molecule has 13 heavy (non-hydrogen) atoms. The Bertz CT molecular complexity index is 238. The van der Waals surface area contributed by atoms with Crippen molar-refractivity contribution in [3.8, 4) is 0 Å². The molecule has 0 saturated heterocycles. The SMILES string of the molecule is CCOC(=O)C(CC)C1=CC=CC1. The van der Waals surface area contributed by atoms with Gasteiger partial charge in [-0.25, -0.2) is 0 Å². The first kappa shape index (κ1) is 10.0. The van der Waals surface area contributed by atoms with Crippen molar-refractivity contribution in [2.75, 3.05) is 6.61 Å². The van der Waals surface area contributed by atoms with E-state index in [-0.39, 0.29) is 11.9 Å². The molecule has 0 fully saturated rings. The van der Waals surface area contributed by atoms with E-state index in [4.69, 9.17) is 4.74 Å². The van der Waals surface area contributed by atoms with E-state index >= 15 is 0 Å². The molecule has 0 heterocycles. The minimum Gasteiger partial charge on any atom is -0.466 e. The van der Waals surface area contributed by atoms with Crippen LogP contribution in [0.15, 0.2) is 23.8 Å². The Kier molecular flexibility index (Phi) is 3.74. The van der Waals surface area contributed by atoms with Gasteiger partial charge >= 0.3 is 5.97 Å². The predicted octanol–water partition coefficient (Wildman–Crippen LogP) is 2.46. The summed E-state index contributed by atoms with van der Waals surface area (Å²) in [6, 6.07) is 0. The first-order chi connectivity index (χ1) is 6.29. The van der Waals surface area contributed by atoms with Gasteiger partial charge in [0, 0.05) is 0 Å². The molecular formula is C11H16O2. The number of carbonyl (C=O) groups excluding carboxylic acids is 1. The predicted molar refractivity (Wildman–Crippen MR) is 52.3 cm³/mol. The molecule has 1 rings (SSSR count). The highest BCUT2D eigenvalue weighted by Gasteiger charge is 2.22. The van der Waals surface area contributed by atoms with Crippen molar-refractivity contribution in [3.63, 3.8) is 0 Å². The lowest BCUT2D eigenvalue weighted by molar-refractivity contribution is -0.146. The van der Waals surface area contributed by atoms with Gasteiger partial charge in [0.05, 0.1) is 12.5 Å². The van der Waals surface area contributed by atoms with Gasteiger partial charge in [-0.15, -0.1) is 0 Å². The van der Waals surface area contributed by atoms with Crippen LogP contribution in [0, 0.1) is 5.92 Å². The molecule has 1 unspecified atom stereocenters. The largest absolute Gasteiger partial charge is 0.466 e. The monoisotopic (exact) mass is 180 g/mol. The van der Waals surface area contributed by atoms with Gasteiger partial charge in [0.2, 0.25) is 0 Å². The van der Waals surface area contributed by atoms with Crippen molar-refractivity contribution in [1.82, 2.24) is 0 Å². The Morgan fingerprint density at radius 1 is 1.62 bits per heavy atom. The lowest BCUT2D eigenvalue weighted by Gasteiger charge is -2.14. The third kappa shape index (κ3) is 2.44. The van der Waals surface area contributed by atoms with Crippen LogP contribution in [0.5, 0.6) is 0 Å². The molecule has 0 aliphatic heterocycles. The van der Waals surface area contributed by atoms with E-state index in [1.807, 2.05) is 26.0 Å². The van der Waals surface area contributed by atoms with Crippen molar-refractivity contribution in [1.29, 1.82) is 0 Å². The summed E-state index contributed by atoms with van der Waals surface area (Å²) >= 11 is 0. The fourth-order valence-electron chi connectivity index (χ4n) is 1.55. The van der Waals surface area contributed by atoms with Gasteiger partial charge in [0.15, 0.2) is 0 Å². The van der Waals surface area contributed by atoms with Crippen LogP contribution in [-0.4, -0.2) is 12.6 Å². The highest BCUT2D eigenvalue weighted by atomic mass is 16.5. The van der Waals surface area contributed by atoms with Crippen LogP contribution >= 0.6 is 0 Å². The minimum absolute atomic E-state index is 0.0325. The highest BCUT2D eigenvalue weighted by molar-refractivity contribution is 5.76. The van der Waals surface area contributed by atoms with Gasteiger partial charge in [0.25, 0.3) is 0 Å². The molecule has 1 atom stereocenters. The number of esters is 1. The summed E-state index contributed by atoms with van der Waals surface area (Å²) in [4.78, 5) is 11.5. The third-order valence-corrected chi connectivity index (χ3v) is 2.23. The molecule has 0 N–H and O–H groups in total. The molecule has 1 aliphatic carbocycles. The van der Waals surface area contributed by atoms with Crippen molar-refractivity contribution in [2.24, 2.45) is 5.92 Å². The fraction of sp³-hybridized carbons (Fsp3) is 0.545. The fourth-order valence-corrected chi connectivity index (χ4v) is 1.55. The molecule has 2 nitrogen and oxygen atoms in total. The zero-order valence-corrected chi connectivity index (χ0v) is 8.25. The number of hydrogen-bond donors (Lipinski definition) is 0. The lowest BCUT2D eigenvalue weighted by atomic mass is 9.96. The molecule has 0 aromatic carbocycles. The van der Waals surface area contributed by atoms with Crippen molar-refractivity contribution in [2.45, 2.75) is 26.7 Å². The van der Waals surface area contributed by atoms with E-state index in [9.17, 15) is 4.79 Å². The molecule has 0 bridgehead atoms. The molecule has 1 aliphatic rings. The second-order valence-corrected chi connectivity index (χ2v) is 3.09. The van der Waals surface area contributed by atoms with Crippen LogP contribution in [0.4, 0.5) is 0 Å². The van der Waals surface area contributed by atoms with E-state index in [0.717, 1.165) is 12.8 Å². The summed E-state index contributed by atoms with van der Waals surface area (Å²) in [5.74, 6) is -0.116. The van der Waals surface area contributed by atoms with Crippen molar-refractivity contribution >= 4 is 5.97 Å². The molecule has 0 saturated carbocycles. The lowest BCUT2D eigenvalue weighted by Crippen LogP contribution is -2.18. The van der Waals surface area contributed by atoms with Crippen LogP contribution in [0.3, 0.4) is 0 Å². The summed E-state index contributed by atoms with van der Waals surface area (Å²) in [7, 11) is 0. The molecule has 72 valence electrons. The number of allylic oxidation sites excluding steroid dienone is 3. The van der Waals surface area contributed by atoms with Crippen LogP contribution in [0.2, 0.25) is 0 Å². The zero-order chi connectivity index (χ0) is 9.68. The van der Waals surface area contributed by atoms with Gasteiger partial charge < -0.3 is 4.74 Å². The number of rotatable bonds is 4. The molecular weight excluding hydrogens is 164 g/mol. The van der Waals surface area contributed by atoms with E-state index in [1.54, 1.807) is 0 Å². The van der Waals surface area contributed by atoms with Crippen molar-refractivity contribution in [3.05, 3.63) is 23.8 Å². The Morgan fingerprint density at radius 3 is 2.85 bits per heavy atom. The van der Waals surface area contributed by atoms with Gasteiger partial charge in [0.1, 0.15) is 0 Å². The standard InChI is InChI=1S/C11H16O2/c1-3-10(11(12)13-4-2)9-7-5-6-8-9/h5-7,10H,3-4,8H2,1-2H3. The molecule has 0 amide bonds. The Hall–Kier alpha value is -1.05. The average Bonchev–Trinajstić information content (AvgIpc) is 2.59. The maximum absolute atomic E-state index is 11.5. The van der Waals surface area contributed by atoms with E-state index < -0.39 is 0 Å². The Labute approximate surface area is 79.3 Å². The van der Waals surface area contributed by atoms with Gasteiger partial charge in [-0.2, -0.15) is 0 Å². The molecule has 0 aromatic heterocycles. The van der Waals surface area contributed by atoms with Gasteiger partial charge in [-0.1, -0.05) is 30.7 Å². The smallest absolute Gasteiger partial charge is 0.313 e. The van der Waals surface area contributed by atoms with Gasteiger partial charge in [-0.3, -0.25) is 4.79 Å². The summed E-state index contributed by atoms with van der Waals surface area (Å²) in [5.41, 5.74) is 1.18. The second-order valence-electron chi connectivity index (χ2n) is 3.09. The Morgan fingerprint density at radius 2 is 2.38 bits per heavy atom. The van der Waals surface area contributed by atoms with Gasteiger partial charge in [-0.05, 0) is 19.8 Å². The third-order valence-electron chi connectivity index (χ3n) is 2.23. The van der Waals surface area contributed by atoms with Crippen LogP contribution in [0.25, 0.3) is 0 Å². The van der Waals surface area contributed by atoms with E-state index in [1.165, 1.54) is 5.57 Å². The minimum atomic E-state index is -0.0834. The van der Waals surface area contributed by atoms with Crippen LogP contribution < -0.4 is 0 Å². The molecule has 2 heteroatoms. The average molecular weight is 180 g/mol. The van der Waals surface area contributed by atoms with Crippen LogP contribution in [-0.2, 0) is 9.53 Å². The maximum Gasteiger partial charge on any atom is 0.313 e. The van der Waals surface area contributed by atoms with Crippen LogP contribution in [0.1, 0.15) is 26.7 Å². The summed E-state index contributed by atoms with van der Waals surface area (Å²) in [6.07, 6.45) is 7.81. The summed E-state index contributed by atoms with van der Waals surface area (Å²) in [5, 5.41) is 0. The number of carbonyl (C=O) groups is 1. The van der Waals surface area contributed by atoms with Crippen molar-refractivity contribution < 1.29 is 9.53 Å². The summed E-state index contributed by atoms with van der Waals surface area (Å²) in [6.45, 7) is 4.32. The quantitative estimate of drug-likeness (QED) is 0.621. The Balaban J connectivity index is 2.56. The maximum atomic E-state index is 11.5. The van der Waals surface area contributed by atoms with E-state index in [2.05, 4.69) is 6.08 Å². The topological polar surface area (TPSA) is 26.3 Å². The van der Waals surface area contributed by atoms with E-state index in [0.29, 0.717) is 6.61 Å². The first-order valence-electron chi connectivity index (χ1n) is 4.81. The first-order valence-corrected chi connectivity index (χ1v) is 4.81. The summed E-state index contributed by atoms with van der Waals surface area (Å²) < 4.78 is 5.00. The molecule has 0 spiro atoms.